The number of anilines is 1. The van der Waals surface area contributed by atoms with Gasteiger partial charge in [-0.2, -0.15) is 0 Å². The number of fused-ring (bicyclic) bond motifs is 1. The fourth-order valence-corrected chi connectivity index (χ4v) is 1.99. The van der Waals surface area contributed by atoms with Crippen molar-refractivity contribution < 1.29 is 10.0 Å². The Balaban J connectivity index is 2.65. The average Bonchev–Trinajstić information content (AvgIpc) is 2.44. The van der Waals surface area contributed by atoms with Crippen LogP contribution >= 0.6 is 0 Å². The van der Waals surface area contributed by atoms with Crippen molar-refractivity contribution in [2.75, 3.05) is 18.6 Å². The number of hydrogen-bond acceptors (Lipinski definition) is 5. The summed E-state index contributed by atoms with van der Waals surface area (Å²) in [4.78, 5) is 16.5. The maximum absolute atomic E-state index is 11.0. The van der Waals surface area contributed by atoms with Crippen molar-refractivity contribution in [3.05, 3.63) is 40.7 Å². The molecule has 0 radical (unpaired) electrons. The highest BCUT2D eigenvalue weighted by Gasteiger charge is 2.18. The second kappa shape index (κ2) is 5.19. The van der Waals surface area contributed by atoms with Gasteiger partial charge >= 0.3 is 0 Å². The van der Waals surface area contributed by atoms with Crippen molar-refractivity contribution in [2.24, 2.45) is 0 Å². The van der Waals surface area contributed by atoms with E-state index in [1.165, 1.54) is 12.3 Å². The molecule has 1 unspecified atom stereocenters. The normalized spacial score (nSPS) is 12.4. The van der Waals surface area contributed by atoms with Gasteiger partial charge in [0.05, 0.1) is 16.9 Å². The first-order valence-corrected chi connectivity index (χ1v) is 5.91. The molecule has 6 heteroatoms. The van der Waals surface area contributed by atoms with Gasteiger partial charge in [-0.3, -0.25) is 15.1 Å². The van der Waals surface area contributed by atoms with Crippen LogP contribution in [0, 0.1) is 10.1 Å². The van der Waals surface area contributed by atoms with Crippen LogP contribution in [-0.2, 0) is 0 Å². The molecule has 6 nitrogen and oxygen atoms in total. The largest absolute Gasteiger partial charge is 0.394 e. The summed E-state index contributed by atoms with van der Waals surface area (Å²) < 4.78 is 0. The summed E-state index contributed by atoms with van der Waals surface area (Å²) in [7, 11) is 1.84. The molecule has 1 heterocycles. The van der Waals surface area contributed by atoms with Gasteiger partial charge in [0.2, 0.25) is 0 Å². The highest BCUT2D eigenvalue weighted by atomic mass is 16.6. The molecule has 19 heavy (non-hydrogen) atoms. The van der Waals surface area contributed by atoms with Crippen LogP contribution in [0.15, 0.2) is 30.6 Å². The maximum atomic E-state index is 11.0. The van der Waals surface area contributed by atoms with E-state index in [2.05, 4.69) is 4.98 Å². The quantitative estimate of drug-likeness (QED) is 0.672. The van der Waals surface area contributed by atoms with Crippen LogP contribution in [0.5, 0.6) is 0 Å². The number of rotatable bonds is 4. The molecule has 0 aliphatic rings. The molecule has 0 amide bonds. The van der Waals surface area contributed by atoms with Crippen LogP contribution in [-0.4, -0.2) is 34.7 Å². The summed E-state index contributed by atoms with van der Waals surface area (Å²) in [6, 6.07) is 4.73. The lowest BCUT2D eigenvalue weighted by Crippen LogP contribution is -2.31. The van der Waals surface area contributed by atoms with E-state index < -0.39 is 4.92 Å². The lowest BCUT2D eigenvalue weighted by atomic mass is 10.1. The van der Waals surface area contributed by atoms with Crippen molar-refractivity contribution in [3.8, 4) is 0 Å². The maximum Gasteiger partial charge on any atom is 0.277 e. The van der Waals surface area contributed by atoms with E-state index in [0.29, 0.717) is 10.8 Å². The Morgan fingerprint density at radius 2 is 2.16 bits per heavy atom. The number of hydrogen-bond donors (Lipinski definition) is 1. The molecule has 0 aliphatic carbocycles. The number of aliphatic hydroxyl groups excluding tert-OH is 1. The summed E-state index contributed by atoms with van der Waals surface area (Å²) in [6.07, 6.45) is 3.15. The minimum Gasteiger partial charge on any atom is -0.394 e. The number of aliphatic hydroxyl groups is 1. The van der Waals surface area contributed by atoms with E-state index in [-0.39, 0.29) is 18.3 Å². The zero-order chi connectivity index (χ0) is 14.0. The van der Waals surface area contributed by atoms with Crippen LogP contribution in [0.2, 0.25) is 0 Å². The minimum absolute atomic E-state index is 0.00917. The Hall–Kier alpha value is -2.21. The third-order valence-corrected chi connectivity index (χ3v) is 3.27. The number of pyridine rings is 1. The second-order valence-corrected chi connectivity index (χ2v) is 4.42. The first-order valence-electron chi connectivity index (χ1n) is 5.91. The van der Waals surface area contributed by atoms with Crippen molar-refractivity contribution in [1.29, 1.82) is 0 Å². The summed E-state index contributed by atoms with van der Waals surface area (Å²) in [5.41, 5.74) is 0.876. The number of nitrogens with zero attached hydrogens (tertiary/aromatic N) is 3. The highest BCUT2D eigenvalue weighted by molar-refractivity contribution is 5.99. The molecule has 0 saturated heterocycles. The van der Waals surface area contributed by atoms with Gasteiger partial charge in [0.15, 0.2) is 0 Å². The number of likely N-dealkylation sites (N-methyl/N-ethyl adjacent to an activating group) is 1. The predicted octanol–water partition coefficient (Wildman–Crippen LogP) is 1.96. The van der Waals surface area contributed by atoms with Crippen LogP contribution in [0.4, 0.5) is 11.4 Å². The lowest BCUT2D eigenvalue weighted by Gasteiger charge is -2.26. The summed E-state index contributed by atoms with van der Waals surface area (Å²) in [5.74, 6) is 0. The Kier molecular flexibility index (Phi) is 3.62. The highest BCUT2D eigenvalue weighted by Crippen LogP contribution is 2.32. The molecule has 1 N–H and O–H groups in total. The molecule has 2 rings (SSSR count). The molecule has 0 saturated carbocycles. The number of non-ortho nitro benzene ring substituents is 1. The fourth-order valence-electron chi connectivity index (χ4n) is 1.99. The first-order chi connectivity index (χ1) is 9.06. The topological polar surface area (TPSA) is 79.5 Å². The van der Waals surface area contributed by atoms with Crippen LogP contribution in [0.3, 0.4) is 0 Å². The van der Waals surface area contributed by atoms with Crippen molar-refractivity contribution >= 4 is 22.1 Å². The number of benzene rings is 1. The molecular formula is C13H15N3O3. The van der Waals surface area contributed by atoms with Crippen LogP contribution < -0.4 is 4.90 Å². The monoisotopic (exact) mass is 261 g/mol. The van der Waals surface area contributed by atoms with Gasteiger partial charge in [-0.1, -0.05) is 0 Å². The van der Waals surface area contributed by atoms with Gasteiger partial charge < -0.3 is 10.0 Å². The SMILES string of the molecule is CC(CO)N(C)c1ccc([N+](=O)[O-])c2ccncc12. The van der Waals surface area contributed by atoms with Gasteiger partial charge in [-0.25, -0.2) is 0 Å². The average molecular weight is 261 g/mol. The molecule has 2 aromatic rings. The summed E-state index contributed by atoms with van der Waals surface area (Å²) >= 11 is 0. The van der Waals surface area contributed by atoms with Gasteiger partial charge in [0, 0.05) is 42.6 Å². The standard InChI is InChI=1S/C13H15N3O3/c1-9(8-17)15(2)12-3-4-13(16(18)19)10-5-6-14-7-11(10)12/h3-7,9,17H,8H2,1-2H3. The van der Waals surface area contributed by atoms with Crippen LogP contribution in [0.25, 0.3) is 10.8 Å². The van der Waals surface area contributed by atoms with E-state index in [9.17, 15) is 15.2 Å². The molecule has 1 atom stereocenters. The molecule has 100 valence electrons. The van der Waals surface area contributed by atoms with E-state index in [4.69, 9.17) is 0 Å². The Morgan fingerprint density at radius 1 is 1.42 bits per heavy atom. The Bertz CT molecular complexity index is 615. The number of aromatic nitrogens is 1. The smallest absolute Gasteiger partial charge is 0.277 e. The van der Waals surface area contributed by atoms with E-state index >= 15 is 0 Å². The first kappa shape index (κ1) is 13.2. The third kappa shape index (κ3) is 2.34. The van der Waals surface area contributed by atoms with Gasteiger partial charge in [-0.15, -0.1) is 0 Å². The third-order valence-electron chi connectivity index (χ3n) is 3.27. The fraction of sp³-hybridized carbons (Fsp3) is 0.308. The Morgan fingerprint density at radius 3 is 2.79 bits per heavy atom. The molecule has 0 spiro atoms. The van der Waals surface area contributed by atoms with E-state index in [1.807, 2.05) is 18.9 Å². The zero-order valence-corrected chi connectivity index (χ0v) is 10.8. The predicted molar refractivity (Wildman–Crippen MR) is 73.3 cm³/mol. The van der Waals surface area contributed by atoms with E-state index in [0.717, 1.165) is 5.69 Å². The van der Waals surface area contributed by atoms with Gasteiger partial charge in [0.1, 0.15) is 0 Å². The molecule has 1 aromatic heterocycles. The van der Waals surface area contributed by atoms with Crippen molar-refractivity contribution in [3.63, 3.8) is 0 Å². The van der Waals surface area contributed by atoms with Crippen molar-refractivity contribution in [1.82, 2.24) is 4.98 Å². The zero-order valence-electron chi connectivity index (χ0n) is 10.8. The number of nitro benzene ring substituents is 1. The Labute approximate surface area is 110 Å². The van der Waals surface area contributed by atoms with Crippen molar-refractivity contribution in [2.45, 2.75) is 13.0 Å². The minimum atomic E-state index is -0.401. The second-order valence-electron chi connectivity index (χ2n) is 4.42. The molecule has 0 fully saturated rings. The molecule has 0 aliphatic heterocycles. The van der Waals surface area contributed by atoms with Gasteiger partial charge in [-0.05, 0) is 19.1 Å². The molecular weight excluding hydrogens is 246 g/mol. The molecule has 0 bridgehead atoms. The summed E-state index contributed by atoms with van der Waals surface area (Å²) in [5, 5.41) is 21.5. The van der Waals surface area contributed by atoms with E-state index in [1.54, 1.807) is 18.3 Å². The summed E-state index contributed by atoms with van der Waals surface area (Å²) in [6.45, 7) is 1.89. The number of nitro groups is 1. The lowest BCUT2D eigenvalue weighted by molar-refractivity contribution is -0.383. The van der Waals surface area contributed by atoms with Crippen LogP contribution in [0.1, 0.15) is 6.92 Å². The van der Waals surface area contributed by atoms with Gasteiger partial charge in [0.25, 0.3) is 5.69 Å². The molecule has 1 aromatic carbocycles.